The summed E-state index contributed by atoms with van der Waals surface area (Å²) in [5, 5.41) is 20.4. The summed E-state index contributed by atoms with van der Waals surface area (Å²) in [6.07, 6.45) is 42.6. The Morgan fingerprint density at radius 3 is 1.72 bits per heavy atom. The molecule has 1 aliphatic carbocycles. The van der Waals surface area contributed by atoms with Crippen molar-refractivity contribution in [3.63, 3.8) is 0 Å². The highest BCUT2D eigenvalue weighted by atomic mass is 16.6. The zero-order valence-electron chi connectivity index (χ0n) is 39.7. The minimum absolute atomic E-state index is 0.0414. The number of epoxide rings is 1. The van der Waals surface area contributed by atoms with E-state index in [1.165, 1.54) is 51.4 Å². The number of rotatable bonds is 28. The largest absolute Gasteiger partial charge is 0.462 e. The molecule has 2 rings (SSSR count). The molecule has 2 N–H and O–H groups in total. The van der Waals surface area contributed by atoms with E-state index in [1.54, 1.807) is 13.0 Å². The second-order valence-electron chi connectivity index (χ2n) is 19.4. The fraction of sp³-hybridized carbons (Fsp3) is 0.630. The molecule has 0 spiro atoms. The molecule has 1 saturated heterocycles. The fourth-order valence-corrected chi connectivity index (χ4v) is 8.50. The number of aliphatic hydroxyl groups is 2. The Morgan fingerprint density at radius 2 is 1.20 bits per heavy atom. The molecule has 1 saturated carbocycles. The van der Waals surface area contributed by atoms with Crippen molar-refractivity contribution in [3.8, 4) is 0 Å². The third kappa shape index (κ3) is 19.2. The van der Waals surface area contributed by atoms with Crippen LogP contribution in [0.15, 0.2) is 107 Å². The van der Waals surface area contributed by atoms with Gasteiger partial charge < -0.3 is 19.7 Å². The van der Waals surface area contributed by atoms with Crippen molar-refractivity contribution in [1.29, 1.82) is 0 Å². The highest BCUT2D eigenvalue weighted by Crippen LogP contribution is 2.66. The van der Waals surface area contributed by atoms with Crippen LogP contribution < -0.4 is 0 Å². The molecule has 0 aromatic rings. The normalized spacial score (nSPS) is 24.0. The average Bonchev–Trinajstić information content (AvgIpc) is 3.78. The van der Waals surface area contributed by atoms with E-state index in [-0.39, 0.29) is 34.5 Å². The summed E-state index contributed by atoms with van der Waals surface area (Å²) in [7, 11) is 0. The van der Waals surface area contributed by atoms with E-state index < -0.39 is 17.6 Å². The van der Waals surface area contributed by atoms with Crippen molar-refractivity contribution in [2.45, 2.75) is 208 Å². The maximum Gasteiger partial charge on any atom is 0.306 e. The summed E-state index contributed by atoms with van der Waals surface area (Å²) < 4.78 is 12.1. The lowest BCUT2D eigenvalue weighted by Gasteiger charge is -2.39. The summed E-state index contributed by atoms with van der Waals surface area (Å²) in [6, 6.07) is 0. The third-order valence-corrected chi connectivity index (χ3v) is 12.1. The lowest BCUT2D eigenvalue weighted by Crippen LogP contribution is -2.46. The maximum absolute atomic E-state index is 13.3. The first-order valence-electron chi connectivity index (χ1n) is 23.1. The topological polar surface area (TPSA) is 96.4 Å². The van der Waals surface area contributed by atoms with Crippen LogP contribution in [0.5, 0.6) is 0 Å². The Hall–Kier alpha value is -3.32. The number of ether oxygens (including phenoxy) is 2. The molecule has 0 unspecified atom stereocenters. The van der Waals surface area contributed by atoms with Gasteiger partial charge in [-0.2, -0.15) is 0 Å². The number of hydrogen-bond donors (Lipinski definition) is 2. The van der Waals surface area contributed by atoms with Crippen LogP contribution in [0.1, 0.15) is 179 Å². The summed E-state index contributed by atoms with van der Waals surface area (Å²) in [6.45, 7) is 22.3. The monoisotopic (exact) mass is 829 g/mol. The van der Waals surface area contributed by atoms with Gasteiger partial charge in [0.2, 0.25) is 0 Å². The molecule has 5 atom stereocenters. The highest BCUT2D eigenvalue weighted by Gasteiger charge is 2.74. The lowest BCUT2D eigenvalue weighted by atomic mass is 9.63. The number of ketones is 1. The van der Waals surface area contributed by atoms with E-state index in [1.807, 2.05) is 64.2 Å². The van der Waals surface area contributed by atoms with Crippen LogP contribution in [-0.2, 0) is 19.1 Å². The van der Waals surface area contributed by atoms with Gasteiger partial charge >= 0.3 is 5.97 Å². The van der Waals surface area contributed by atoms with Gasteiger partial charge in [-0.3, -0.25) is 9.59 Å². The van der Waals surface area contributed by atoms with E-state index in [0.29, 0.717) is 25.7 Å². The Morgan fingerprint density at radius 1 is 0.717 bits per heavy atom. The van der Waals surface area contributed by atoms with Gasteiger partial charge in [0.1, 0.15) is 17.3 Å². The summed E-state index contributed by atoms with van der Waals surface area (Å²) >= 11 is 0. The molecule has 0 radical (unpaired) electrons. The van der Waals surface area contributed by atoms with E-state index in [4.69, 9.17) is 9.47 Å². The van der Waals surface area contributed by atoms with Gasteiger partial charge in [0.05, 0.1) is 12.2 Å². The zero-order valence-corrected chi connectivity index (χ0v) is 39.7. The summed E-state index contributed by atoms with van der Waals surface area (Å²) in [5.41, 5.74) is 2.84. The molecule has 0 aromatic carbocycles. The molecule has 0 amide bonds. The molecule has 336 valence electrons. The van der Waals surface area contributed by atoms with E-state index in [9.17, 15) is 19.8 Å². The first-order valence-corrected chi connectivity index (χ1v) is 23.1. The smallest absolute Gasteiger partial charge is 0.306 e. The van der Waals surface area contributed by atoms with Gasteiger partial charge in [-0.15, -0.1) is 0 Å². The summed E-state index contributed by atoms with van der Waals surface area (Å²) in [4.78, 5) is 26.0. The number of carbonyl (C=O) groups excluding carboxylic acids is 2. The number of fused-ring (bicyclic) bond motifs is 1. The van der Waals surface area contributed by atoms with Gasteiger partial charge in [-0.1, -0.05) is 194 Å². The quantitative estimate of drug-likeness (QED) is 0.0268. The van der Waals surface area contributed by atoms with Gasteiger partial charge in [0, 0.05) is 30.1 Å². The molecule has 2 aliphatic rings. The number of unbranched alkanes of at least 4 members (excludes halogenated alkanes) is 10. The molecular formula is C54H84O6. The third-order valence-electron chi connectivity index (χ3n) is 12.1. The zero-order chi connectivity index (χ0) is 44.8. The maximum atomic E-state index is 13.3. The SMILES string of the molecule is CCCCCCCCCCCCCC(=O)O[C@H](C[C@H](C)O)CC(C)(C)C(=O)/C=C/C(C)=C/C=C/C(C)=C/C=C/C=C(C)/C=C/C=C(C)\C=C\[C@@]12O[C@]1(C)C[C@@H](O)CC2(C)C. The van der Waals surface area contributed by atoms with Crippen molar-refractivity contribution >= 4 is 11.8 Å². The van der Waals surface area contributed by atoms with E-state index in [0.717, 1.165) is 48.0 Å². The highest BCUT2D eigenvalue weighted by molar-refractivity contribution is 5.94. The van der Waals surface area contributed by atoms with Gasteiger partial charge in [-0.25, -0.2) is 0 Å². The van der Waals surface area contributed by atoms with Crippen LogP contribution >= 0.6 is 0 Å². The molecule has 2 fully saturated rings. The Kier molecular flexibility index (Phi) is 23.1. The van der Waals surface area contributed by atoms with Gasteiger partial charge in [-0.05, 0) is 73.0 Å². The second kappa shape index (κ2) is 26.2. The van der Waals surface area contributed by atoms with Crippen LogP contribution in [0.2, 0.25) is 0 Å². The van der Waals surface area contributed by atoms with Crippen molar-refractivity contribution in [1.82, 2.24) is 0 Å². The average molecular weight is 829 g/mol. The lowest BCUT2D eigenvalue weighted by molar-refractivity contribution is -0.153. The van der Waals surface area contributed by atoms with Crippen molar-refractivity contribution in [3.05, 3.63) is 107 Å². The fourth-order valence-electron chi connectivity index (χ4n) is 8.50. The van der Waals surface area contributed by atoms with Crippen LogP contribution in [0, 0.1) is 10.8 Å². The molecule has 1 heterocycles. The predicted molar refractivity (Wildman–Crippen MR) is 253 cm³/mol. The van der Waals surface area contributed by atoms with Gasteiger partial charge in [0.25, 0.3) is 0 Å². The van der Waals surface area contributed by atoms with Crippen molar-refractivity contribution in [2.24, 2.45) is 10.8 Å². The second-order valence-corrected chi connectivity index (χ2v) is 19.4. The number of hydrogen-bond acceptors (Lipinski definition) is 6. The summed E-state index contributed by atoms with van der Waals surface area (Å²) in [5.74, 6) is -0.285. The Bertz CT molecular complexity index is 1620. The van der Waals surface area contributed by atoms with Crippen LogP contribution in [0.25, 0.3) is 0 Å². The van der Waals surface area contributed by atoms with E-state index >= 15 is 0 Å². The number of aliphatic hydroxyl groups excluding tert-OH is 2. The van der Waals surface area contributed by atoms with Gasteiger partial charge in [0.15, 0.2) is 5.78 Å². The van der Waals surface area contributed by atoms with Crippen molar-refractivity contribution < 1.29 is 29.3 Å². The predicted octanol–water partition coefficient (Wildman–Crippen LogP) is 13.6. The number of allylic oxidation sites excluding steroid dienone is 17. The van der Waals surface area contributed by atoms with Crippen LogP contribution in [0.3, 0.4) is 0 Å². The minimum Gasteiger partial charge on any atom is -0.462 e. The number of esters is 1. The van der Waals surface area contributed by atoms with Crippen molar-refractivity contribution in [2.75, 3.05) is 0 Å². The number of carbonyl (C=O) groups is 2. The molecule has 0 bridgehead atoms. The molecule has 6 heteroatoms. The Balaban J connectivity index is 1.80. The molecule has 6 nitrogen and oxygen atoms in total. The molecule has 0 aromatic heterocycles. The van der Waals surface area contributed by atoms with E-state index in [2.05, 4.69) is 84.1 Å². The first-order chi connectivity index (χ1) is 28.3. The molecular weight excluding hydrogens is 745 g/mol. The standard InChI is InChI=1S/C54H84O6/c1-12-13-14-15-16-17-18-19-20-21-22-33-50(58)59-48(38-46(6)55)41-51(7,8)49(57)35-34-44(4)31-25-29-42(2)27-23-24-28-43(3)30-26-32-45(5)36-37-54-52(9,10)39-47(56)40-53(54,11)60-54/h23-32,34-37,46-48,55-56H,12-22,33,38-41H2,1-11H3/b24-23+,29-25+,30-26+,35-34+,37-36+,42-27+,43-28+,44-31+,45-32-/t46-,47-,48+,53+,54-/m0/s1. The van der Waals surface area contributed by atoms with Crippen LogP contribution in [0.4, 0.5) is 0 Å². The molecule has 60 heavy (non-hydrogen) atoms. The minimum atomic E-state index is -0.753. The van der Waals surface area contributed by atoms with Crippen LogP contribution in [-0.4, -0.2) is 51.5 Å². The first kappa shape index (κ1) is 52.8. The molecule has 1 aliphatic heterocycles. The Labute approximate surface area is 366 Å².